The van der Waals surface area contributed by atoms with Crippen molar-refractivity contribution in [1.29, 1.82) is 0 Å². The minimum absolute atomic E-state index is 0.147. The van der Waals surface area contributed by atoms with E-state index in [2.05, 4.69) is 37.3 Å². The first-order valence-electron chi connectivity index (χ1n) is 10.5. The summed E-state index contributed by atoms with van der Waals surface area (Å²) < 4.78 is 5.94. The first-order valence-corrected chi connectivity index (χ1v) is 10.5. The molecule has 4 aromatic rings. The highest BCUT2D eigenvalue weighted by Gasteiger charge is 2.53. The van der Waals surface area contributed by atoms with Crippen molar-refractivity contribution >= 4 is 16.7 Å². The highest BCUT2D eigenvalue weighted by Crippen LogP contribution is 2.57. The summed E-state index contributed by atoms with van der Waals surface area (Å²) in [6.07, 6.45) is 0. The number of fused-ring (bicyclic) bond motifs is 1. The summed E-state index contributed by atoms with van der Waals surface area (Å²) in [6, 6.07) is 34.7. The Bertz CT molecular complexity index is 1120. The zero-order valence-electron chi connectivity index (χ0n) is 16.9. The van der Waals surface area contributed by atoms with E-state index in [1.54, 1.807) is 0 Å². The van der Waals surface area contributed by atoms with E-state index in [0.717, 1.165) is 10.8 Å². The molecule has 0 saturated heterocycles. The summed E-state index contributed by atoms with van der Waals surface area (Å²) in [6.45, 7) is 2.25. The molecule has 2 atom stereocenters. The Hall–Kier alpha value is -3.39. The second kappa shape index (κ2) is 7.79. The summed E-state index contributed by atoms with van der Waals surface area (Å²) in [5, 5.41) is 2.21. The fourth-order valence-electron chi connectivity index (χ4n) is 5.04. The SMILES string of the molecule is CC1[C@H](c2ccccc2)C(C(=O)Oc2ccc3ccccc3c2)[C@H]1c1ccccc1. The fraction of sp³-hybridized carbons (Fsp3) is 0.179. The molecule has 0 unspecified atom stereocenters. The molecule has 0 heterocycles. The third-order valence-corrected chi connectivity index (χ3v) is 6.49. The summed E-state index contributed by atoms with van der Waals surface area (Å²) in [5.74, 6) is 0.942. The molecule has 0 aromatic heterocycles. The van der Waals surface area contributed by atoms with E-state index in [9.17, 15) is 4.79 Å². The number of hydrogen-bond donors (Lipinski definition) is 0. The molecule has 0 spiro atoms. The van der Waals surface area contributed by atoms with Gasteiger partial charge in [-0.1, -0.05) is 97.9 Å². The van der Waals surface area contributed by atoms with Gasteiger partial charge in [0.1, 0.15) is 5.75 Å². The number of carbonyl (C=O) groups is 1. The van der Waals surface area contributed by atoms with E-state index in [1.807, 2.05) is 72.8 Å². The molecule has 1 saturated carbocycles. The largest absolute Gasteiger partial charge is 0.426 e. The van der Waals surface area contributed by atoms with Crippen LogP contribution in [-0.2, 0) is 4.79 Å². The topological polar surface area (TPSA) is 26.3 Å². The Balaban J connectivity index is 1.47. The van der Waals surface area contributed by atoms with Crippen LogP contribution in [0.25, 0.3) is 10.8 Å². The highest BCUT2D eigenvalue weighted by atomic mass is 16.5. The zero-order valence-corrected chi connectivity index (χ0v) is 16.9. The van der Waals surface area contributed by atoms with Crippen molar-refractivity contribution in [3.63, 3.8) is 0 Å². The van der Waals surface area contributed by atoms with Gasteiger partial charge in [0.15, 0.2) is 0 Å². The molecular weight excluding hydrogens is 368 g/mol. The van der Waals surface area contributed by atoms with Crippen LogP contribution in [0, 0.1) is 11.8 Å². The summed E-state index contributed by atoms with van der Waals surface area (Å²) in [5.41, 5.74) is 2.41. The Morgan fingerprint density at radius 3 is 1.80 bits per heavy atom. The first kappa shape index (κ1) is 18.6. The number of hydrogen-bond acceptors (Lipinski definition) is 2. The van der Waals surface area contributed by atoms with Gasteiger partial charge in [0.05, 0.1) is 5.92 Å². The number of esters is 1. The van der Waals surface area contributed by atoms with Crippen LogP contribution in [0.2, 0.25) is 0 Å². The normalized spacial score (nSPS) is 23.0. The van der Waals surface area contributed by atoms with Crippen LogP contribution >= 0.6 is 0 Å². The lowest BCUT2D eigenvalue weighted by Crippen LogP contribution is -2.47. The van der Waals surface area contributed by atoms with Crippen molar-refractivity contribution in [2.45, 2.75) is 18.8 Å². The van der Waals surface area contributed by atoms with Crippen LogP contribution in [0.3, 0.4) is 0 Å². The quantitative estimate of drug-likeness (QED) is 0.290. The average molecular weight is 392 g/mol. The lowest BCUT2D eigenvalue weighted by atomic mass is 9.53. The molecule has 2 heteroatoms. The third kappa shape index (κ3) is 3.29. The minimum Gasteiger partial charge on any atom is -0.426 e. The van der Waals surface area contributed by atoms with Gasteiger partial charge in [-0.2, -0.15) is 0 Å². The molecule has 0 aliphatic heterocycles. The van der Waals surface area contributed by atoms with Crippen LogP contribution in [0.4, 0.5) is 0 Å². The highest BCUT2D eigenvalue weighted by molar-refractivity contribution is 5.85. The summed E-state index contributed by atoms with van der Waals surface area (Å²) >= 11 is 0. The Labute approximate surface area is 177 Å². The van der Waals surface area contributed by atoms with Gasteiger partial charge in [0, 0.05) is 11.8 Å². The average Bonchev–Trinajstić information content (AvgIpc) is 2.78. The van der Waals surface area contributed by atoms with Crippen LogP contribution in [0.15, 0.2) is 103 Å². The van der Waals surface area contributed by atoms with Gasteiger partial charge in [-0.3, -0.25) is 4.79 Å². The molecule has 148 valence electrons. The molecule has 1 fully saturated rings. The van der Waals surface area contributed by atoms with Crippen LogP contribution in [0.5, 0.6) is 5.75 Å². The number of benzene rings is 4. The van der Waals surface area contributed by atoms with Crippen molar-refractivity contribution < 1.29 is 9.53 Å². The fourth-order valence-corrected chi connectivity index (χ4v) is 5.04. The predicted octanol–water partition coefficient (Wildman–Crippen LogP) is 6.58. The van der Waals surface area contributed by atoms with Crippen LogP contribution < -0.4 is 4.74 Å². The number of ether oxygens (including phenoxy) is 1. The molecular formula is C28H24O2. The van der Waals surface area contributed by atoms with Crippen molar-refractivity contribution in [2.75, 3.05) is 0 Å². The van der Waals surface area contributed by atoms with Crippen LogP contribution in [0.1, 0.15) is 29.9 Å². The maximum Gasteiger partial charge on any atom is 0.315 e. The van der Waals surface area contributed by atoms with Gasteiger partial charge in [0.25, 0.3) is 0 Å². The molecule has 4 aromatic carbocycles. The van der Waals surface area contributed by atoms with E-state index in [1.165, 1.54) is 11.1 Å². The van der Waals surface area contributed by atoms with E-state index in [0.29, 0.717) is 11.7 Å². The second-order valence-corrected chi connectivity index (χ2v) is 8.19. The van der Waals surface area contributed by atoms with Gasteiger partial charge in [0.2, 0.25) is 0 Å². The molecule has 0 amide bonds. The Morgan fingerprint density at radius 2 is 1.20 bits per heavy atom. The lowest BCUT2D eigenvalue weighted by Gasteiger charge is -2.49. The maximum absolute atomic E-state index is 13.4. The lowest BCUT2D eigenvalue weighted by molar-refractivity contribution is -0.146. The van der Waals surface area contributed by atoms with Crippen LogP contribution in [-0.4, -0.2) is 5.97 Å². The Kier molecular flexibility index (Phi) is 4.84. The van der Waals surface area contributed by atoms with Gasteiger partial charge >= 0.3 is 5.97 Å². The molecule has 0 N–H and O–H groups in total. The van der Waals surface area contributed by atoms with Gasteiger partial charge in [-0.25, -0.2) is 0 Å². The zero-order chi connectivity index (χ0) is 20.5. The molecule has 5 rings (SSSR count). The van der Waals surface area contributed by atoms with Gasteiger partial charge < -0.3 is 4.74 Å². The van der Waals surface area contributed by atoms with Crippen molar-refractivity contribution in [1.82, 2.24) is 0 Å². The van der Waals surface area contributed by atoms with E-state index in [4.69, 9.17) is 4.74 Å². The molecule has 1 aliphatic carbocycles. The predicted molar refractivity (Wildman–Crippen MR) is 121 cm³/mol. The maximum atomic E-state index is 13.4. The monoisotopic (exact) mass is 392 g/mol. The van der Waals surface area contributed by atoms with Crippen molar-refractivity contribution in [3.8, 4) is 5.75 Å². The number of rotatable bonds is 4. The Morgan fingerprint density at radius 1 is 0.667 bits per heavy atom. The molecule has 2 nitrogen and oxygen atoms in total. The van der Waals surface area contributed by atoms with Crippen molar-refractivity contribution in [2.24, 2.45) is 11.8 Å². The molecule has 0 bridgehead atoms. The van der Waals surface area contributed by atoms with E-state index < -0.39 is 0 Å². The smallest absolute Gasteiger partial charge is 0.315 e. The summed E-state index contributed by atoms with van der Waals surface area (Å²) in [7, 11) is 0. The third-order valence-electron chi connectivity index (χ3n) is 6.49. The van der Waals surface area contributed by atoms with E-state index >= 15 is 0 Å². The number of carbonyl (C=O) groups excluding carboxylic acids is 1. The van der Waals surface area contributed by atoms with Gasteiger partial charge in [-0.15, -0.1) is 0 Å². The minimum atomic E-state index is -0.198. The van der Waals surface area contributed by atoms with Crippen molar-refractivity contribution in [3.05, 3.63) is 114 Å². The van der Waals surface area contributed by atoms with Gasteiger partial charge in [-0.05, 0) is 39.9 Å². The first-order chi connectivity index (χ1) is 14.7. The molecule has 0 radical (unpaired) electrons. The standard InChI is InChI=1S/C28H24O2/c1-19-25(21-11-4-2-5-12-21)27(26(19)22-13-6-3-7-14-22)28(29)30-24-17-16-20-10-8-9-15-23(20)18-24/h2-19,25-27H,1H3/t19?,25-,26-,27?/m1/s1. The molecule has 30 heavy (non-hydrogen) atoms. The second-order valence-electron chi connectivity index (χ2n) is 8.19. The van der Waals surface area contributed by atoms with E-state index in [-0.39, 0.29) is 23.7 Å². The molecule has 1 aliphatic rings. The summed E-state index contributed by atoms with van der Waals surface area (Å²) in [4.78, 5) is 13.4.